The fourth-order valence-electron chi connectivity index (χ4n) is 3.51. The molecule has 1 aliphatic heterocycles. The van der Waals surface area contributed by atoms with Crippen LogP contribution in [0.1, 0.15) is 18.1 Å². The van der Waals surface area contributed by atoms with Crippen LogP contribution in [0.15, 0.2) is 78.5 Å². The summed E-state index contributed by atoms with van der Waals surface area (Å²) < 4.78 is 24.9. The van der Waals surface area contributed by atoms with Crippen molar-refractivity contribution in [1.82, 2.24) is 4.90 Å². The highest BCUT2D eigenvalue weighted by molar-refractivity contribution is 7.80. The van der Waals surface area contributed by atoms with Crippen LogP contribution in [0.2, 0.25) is 0 Å². The van der Waals surface area contributed by atoms with Gasteiger partial charge in [0.25, 0.3) is 5.91 Å². The molecule has 168 valence electrons. The van der Waals surface area contributed by atoms with Crippen molar-refractivity contribution in [3.8, 4) is 11.5 Å². The minimum Gasteiger partial charge on any atom is -0.494 e. The van der Waals surface area contributed by atoms with Crippen LogP contribution in [0.3, 0.4) is 0 Å². The molecule has 1 fully saturated rings. The Labute approximate surface area is 197 Å². The molecule has 0 spiro atoms. The van der Waals surface area contributed by atoms with Crippen molar-refractivity contribution in [3.05, 3.63) is 95.4 Å². The number of carbonyl (C=O) groups excluding carboxylic acids is 1. The molecule has 4 rings (SSSR count). The van der Waals surface area contributed by atoms with Crippen LogP contribution in [-0.2, 0) is 11.4 Å². The molecular formula is C26H23FN2O3S. The molecule has 0 bridgehead atoms. The first-order chi connectivity index (χ1) is 16.0. The maximum Gasteiger partial charge on any atom is 0.281 e. The number of carbonyl (C=O) groups is 1. The highest BCUT2D eigenvalue weighted by atomic mass is 32.1. The van der Waals surface area contributed by atoms with Gasteiger partial charge in [0, 0.05) is 12.6 Å². The van der Waals surface area contributed by atoms with Crippen molar-refractivity contribution in [1.29, 1.82) is 0 Å². The number of nitrogens with zero attached hydrogens (tertiary/aromatic N) is 2. The Morgan fingerprint density at radius 1 is 1.00 bits per heavy atom. The molecule has 3 aromatic rings. The standard InChI is InChI=1S/C26H23FN2O3S/c1-3-31-22-13-11-21(12-14-22)29-25(30)23(28(2)26(29)33)16-19-8-4-5-10-24(19)32-17-18-7-6-9-20(27)15-18/h4-16H,3,17H2,1-2H3. The predicted octanol–water partition coefficient (Wildman–Crippen LogP) is 5.41. The number of hydrogen-bond acceptors (Lipinski definition) is 4. The van der Waals surface area contributed by atoms with Gasteiger partial charge in [-0.1, -0.05) is 30.3 Å². The van der Waals surface area contributed by atoms with E-state index in [1.165, 1.54) is 17.0 Å². The number of anilines is 1. The number of ether oxygens (including phenoxy) is 2. The van der Waals surface area contributed by atoms with E-state index in [0.717, 1.165) is 16.9 Å². The maximum atomic E-state index is 13.5. The van der Waals surface area contributed by atoms with E-state index in [0.29, 0.717) is 28.9 Å². The second-order valence-electron chi connectivity index (χ2n) is 7.40. The average Bonchev–Trinajstić information content (AvgIpc) is 3.02. The van der Waals surface area contributed by atoms with Gasteiger partial charge in [0.15, 0.2) is 5.11 Å². The smallest absolute Gasteiger partial charge is 0.281 e. The van der Waals surface area contributed by atoms with E-state index in [1.807, 2.05) is 55.5 Å². The van der Waals surface area contributed by atoms with Crippen molar-refractivity contribution < 1.29 is 18.7 Å². The van der Waals surface area contributed by atoms with Crippen LogP contribution in [-0.4, -0.2) is 29.6 Å². The summed E-state index contributed by atoms with van der Waals surface area (Å²) in [6.45, 7) is 2.69. The number of thiocarbonyl (C=S) groups is 1. The first-order valence-electron chi connectivity index (χ1n) is 10.5. The molecule has 0 saturated carbocycles. The molecule has 0 N–H and O–H groups in total. The summed E-state index contributed by atoms with van der Waals surface area (Å²) in [4.78, 5) is 16.5. The van der Waals surface area contributed by atoms with Gasteiger partial charge in [-0.3, -0.25) is 9.69 Å². The van der Waals surface area contributed by atoms with Crippen LogP contribution >= 0.6 is 12.2 Å². The van der Waals surface area contributed by atoms with Crippen LogP contribution in [0, 0.1) is 5.82 Å². The molecule has 0 unspecified atom stereocenters. The van der Waals surface area contributed by atoms with Crippen LogP contribution in [0.25, 0.3) is 6.08 Å². The van der Waals surface area contributed by atoms with Gasteiger partial charge >= 0.3 is 0 Å². The third-order valence-electron chi connectivity index (χ3n) is 5.16. The van der Waals surface area contributed by atoms with Crippen molar-refractivity contribution in [2.75, 3.05) is 18.6 Å². The molecule has 0 atom stereocenters. The van der Waals surface area contributed by atoms with Gasteiger partial charge in [-0.2, -0.15) is 0 Å². The molecular weight excluding hydrogens is 439 g/mol. The Kier molecular flexibility index (Phi) is 6.70. The lowest BCUT2D eigenvalue weighted by Gasteiger charge is -2.16. The van der Waals surface area contributed by atoms with Gasteiger partial charge in [-0.05, 0) is 73.2 Å². The van der Waals surface area contributed by atoms with Crippen LogP contribution in [0.5, 0.6) is 11.5 Å². The molecule has 7 heteroatoms. The zero-order chi connectivity index (χ0) is 23.4. The lowest BCUT2D eigenvalue weighted by Crippen LogP contribution is -2.31. The predicted molar refractivity (Wildman–Crippen MR) is 131 cm³/mol. The van der Waals surface area contributed by atoms with Gasteiger partial charge in [-0.25, -0.2) is 4.39 Å². The van der Waals surface area contributed by atoms with E-state index < -0.39 is 0 Å². The summed E-state index contributed by atoms with van der Waals surface area (Å²) in [5.41, 5.74) is 2.53. The molecule has 0 aliphatic carbocycles. The summed E-state index contributed by atoms with van der Waals surface area (Å²) in [5, 5.41) is 0.383. The SMILES string of the molecule is CCOc1ccc(N2C(=O)C(=Cc3ccccc3OCc3cccc(F)c3)N(C)C2=S)cc1. The van der Waals surface area contributed by atoms with Crippen molar-refractivity contribution in [3.63, 3.8) is 0 Å². The summed E-state index contributed by atoms with van der Waals surface area (Å²) in [7, 11) is 1.76. The van der Waals surface area contributed by atoms with Crippen LogP contribution in [0.4, 0.5) is 10.1 Å². The Hall–Kier alpha value is -3.71. The molecule has 5 nitrogen and oxygen atoms in total. The Morgan fingerprint density at radius 3 is 2.48 bits per heavy atom. The lowest BCUT2D eigenvalue weighted by molar-refractivity contribution is -0.114. The number of halogens is 1. The van der Waals surface area contributed by atoms with Crippen molar-refractivity contribution in [2.24, 2.45) is 0 Å². The maximum absolute atomic E-state index is 13.5. The zero-order valence-electron chi connectivity index (χ0n) is 18.3. The third-order valence-corrected chi connectivity index (χ3v) is 5.62. The van der Waals surface area contributed by atoms with Gasteiger partial charge in [0.2, 0.25) is 0 Å². The minimum absolute atomic E-state index is 0.207. The van der Waals surface area contributed by atoms with Gasteiger partial charge in [0.1, 0.15) is 29.6 Å². The fourth-order valence-corrected chi connectivity index (χ4v) is 3.80. The molecule has 3 aromatic carbocycles. The van der Waals surface area contributed by atoms with Crippen molar-refractivity contribution in [2.45, 2.75) is 13.5 Å². The summed E-state index contributed by atoms with van der Waals surface area (Å²) in [6, 6.07) is 20.9. The van der Waals surface area contributed by atoms with Crippen molar-refractivity contribution >= 4 is 35.0 Å². The number of likely N-dealkylation sites (N-methyl/N-ethyl adjacent to an activating group) is 1. The summed E-state index contributed by atoms with van der Waals surface area (Å²) in [5.74, 6) is 0.771. The monoisotopic (exact) mass is 462 g/mol. The second kappa shape index (κ2) is 9.83. The number of hydrogen-bond donors (Lipinski definition) is 0. The molecule has 0 aromatic heterocycles. The van der Waals surface area contributed by atoms with E-state index in [9.17, 15) is 9.18 Å². The lowest BCUT2D eigenvalue weighted by atomic mass is 10.1. The third kappa shape index (κ3) is 4.88. The molecule has 33 heavy (non-hydrogen) atoms. The Bertz CT molecular complexity index is 1210. The largest absolute Gasteiger partial charge is 0.494 e. The first kappa shape index (κ1) is 22.5. The van der Waals surface area contributed by atoms with E-state index in [4.69, 9.17) is 21.7 Å². The van der Waals surface area contributed by atoms with Gasteiger partial charge in [-0.15, -0.1) is 0 Å². The van der Waals surface area contributed by atoms with E-state index >= 15 is 0 Å². The summed E-state index contributed by atoms with van der Waals surface area (Å²) in [6.07, 6.45) is 1.75. The van der Waals surface area contributed by atoms with E-state index in [-0.39, 0.29) is 18.3 Å². The Morgan fingerprint density at radius 2 is 1.76 bits per heavy atom. The first-order valence-corrected chi connectivity index (χ1v) is 10.9. The Balaban J connectivity index is 1.58. The number of amides is 1. The van der Waals surface area contributed by atoms with E-state index in [2.05, 4.69) is 0 Å². The average molecular weight is 463 g/mol. The fraction of sp³-hybridized carbons (Fsp3) is 0.154. The second-order valence-corrected chi connectivity index (χ2v) is 7.76. The normalized spacial score (nSPS) is 14.8. The summed E-state index contributed by atoms with van der Waals surface area (Å²) >= 11 is 5.55. The minimum atomic E-state index is -0.312. The number of benzene rings is 3. The van der Waals surface area contributed by atoms with Crippen LogP contribution < -0.4 is 14.4 Å². The molecule has 1 amide bonds. The molecule has 0 radical (unpaired) electrons. The highest BCUT2D eigenvalue weighted by Crippen LogP contribution is 2.31. The van der Waals surface area contributed by atoms with Gasteiger partial charge < -0.3 is 14.4 Å². The molecule has 1 aliphatic rings. The number of rotatable bonds is 7. The molecule has 1 heterocycles. The topological polar surface area (TPSA) is 42.0 Å². The van der Waals surface area contributed by atoms with E-state index in [1.54, 1.807) is 30.2 Å². The quantitative estimate of drug-likeness (QED) is 0.347. The molecule has 1 saturated heterocycles. The van der Waals surface area contributed by atoms with Gasteiger partial charge in [0.05, 0.1) is 12.3 Å². The number of para-hydroxylation sites is 1. The zero-order valence-corrected chi connectivity index (χ0v) is 19.1. The highest BCUT2D eigenvalue weighted by Gasteiger charge is 2.37.